The maximum atomic E-state index is 5.58. The first-order valence-electron chi connectivity index (χ1n) is 2.78. The molecule has 0 fully saturated rings. The van der Waals surface area contributed by atoms with Gasteiger partial charge < -0.3 is 5.32 Å². The summed E-state index contributed by atoms with van der Waals surface area (Å²) in [6.07, 6.45) is 1.77. The van der Waals surface area contributed by atoms with Gasteiger partial charge in [-0.1, -0.05) is 17.7 Å². The zero-order chi connectivity index (χ0) is 7.40. The zero-order valence-corrected chi connectivity index (χ0v) is 6.87. The third-order valence-corrected chi connectivity index (χ3v) is 1.88. The monoisotopic (exact) mass is 174 g/mol. The Morgan fingerprint density at radius 2 is 2.70 bits per heavy atom. The second-order valence-electron chi connectivity index (χ2n) is 1.66. The molecule has 1 N–H and O–H groups in total. The average Bonchev–Trinajstić information content (AvgIpc) is 2.31. The van der Waals surface area contributed by atoms with Crippen molar-refractivity contribution in [1.82, 2.24) is 4.98 Å². The molecule has 0 aromatic carbocycles. The summed E-state index contributed by atoms with van der Waals surface area (Å²) in [5.74, 6) is 0.815. The molecule has 1 rings (SSSR count). The number of aromatic nitrogens is 1. The molecule has 4 heteroatoms. The molecule has 0 aliphatic rings. The predicted octanol–water partition coefficient (Wildman–Crippen LogP) is 2.39. The summed E-state index contributed by atoms with van der Waals surface area (Å²) in [6.45, 7) is 4.28. The molecule has 0 saturated heterocycles. The van der Waals surface area contributed by atoms with Crippen LogP contribution in [0.5, 0.6) is 0 Å². The van der Waals surface area contributed by atoms with Crippen LogP contribution in [0.1, 0.15) is 0 Å². The number of nitrogens with one attached hydrogen (secondary N) is 1. The van der Waals surface area contributed by atoms with Gasteiger partial charge in [0.2, 0.25) is 0 Å². The van der Waals surface area contributed by atoms with Gasteiger partial charge in [-0.25, -0.2) is 4.98 Å². The lowest BCUT2D eigenvalue weighted by Crippen LogP contribution is -1.96. The van der Waals surface area contributed by atoms with E-state index in [-0.39, 0.29) is 0 Å². The normalized spacial score (nSPS) is 9.30. The van der Waals surface area contributed by atoms with Crippen LogP contribution in [0, 0.1) is 0 Å². The molecule has 0 amide bonds. The van der Waals surface area contributed by atoms with E-state index in [0.29, 0.717) is 4.47 Å². The summed E-state index contributed by atoms with van der Waals surface area (Å²) in [4.78, 5) is 3.97. The standard InChI is InChI=1S/C6H7ClN2S/c1-2-3-8-5-4-10-6(7)9-5/h2,4,8H,1,3H2. The van der Waals surface area contributed by atoms with Gasteiger partial charge >= 0.3 is 0 Å². The Kier molecular flexibility index (Phi) is 2.71. The Balaban J connectivity index is 2.49. The van der Waals surface area contributed by atoms with E-state index in [1.54, 1.807) is 6.08 Å². The highest BCUT2D eigenvalue weighted by Crippen LogP contribution is 2.17. The van der Waals surface area contributed by atoms with Crippen molar-refractivity contribution in [3.8, 4) is 0 Å². The molecular formula is C6H7ClN2S. The first-order valence-corrected chi connectivity index (χ1v) is 4.04. The molecule has 2 nitrogen and oxygen atoms in total. The van der Waals surface area contributed by atoms with E-state index in [9.17, 15) is 0 Å². The Bertz CT molecular complexity index is 221. The van der Waals surface area contributed by atoms with Crippen molar-refractivity contribution in [3.63, 3.8) is 0 Å². The number of hydrogen-bond acceptors (Lipinski definition) is 3. The first-order chi connectivity index (χ1) is 4.83. The molecule has 0 spiro atoms. The fourth-order valence-electron chi connectivity index (χ4n) is 0.510. The Morgan fingerprint density at radius 1 is 1.90 bits per heavy atom. The third kappa shape index (κ3) is 2.01. The SMILES string of the molecule is C=CCNc1csc(Cl)n1. The molecule has 0 aliphatic carbocycles. The summed E-state index contributed by atoms with van der Waals surface area (Å²) >= 11 is 6.99. The van der Waals surface area contributed by atoms with Crippen molar-refractivity contribution in [2.75, 3.05) is 11.9 Å². The van der Waals surface area contributed by atoms with E-state index in [1.807, 2.05) is 5.38 Å². The number of halogens is 1. The average molecular weight is 175 g/mol. The molecular weight excluding hydrogens is 168 g/mol. The molecule has 1 aromatic rings. The van der Waals surface area contributed by atoms with Gasteiger partial charge in [-0.3, -0.25) is 0 Å². The van der Waals surface area contributed by atoms with E-state index >= 15 is 0 Å². The summed E-state index contributed by atoms with van der Waals surface area (Å²) in [7, 11) is 0. The van der Waals surface area contributed by atoms with Crippen molar-refractivity contribution in [2.24, 2.45) is 0 Å². The van der Waals surface area contributed by atoms with Crippen LogP contribution in [-0.2, 0) is 0 Å². The molecule has 0 atom stereocenters. The molecule has 1 aromatic heterocycles. The molecule has 0 radical (unpaired) electrons. The van der Waals surface area contributed by atoms with Gasteiger partial charge in [0.05, 0.1) is 0 Å². The molecule has 0 bridgehead atoms. The summed E-state index contributed by atoms with van der Waals surface area (Å²) < 4.78 is 0.562. The van der Waals surface area contributed by atoms with E-state index in [0.717, 1.165) is 12.4 Å². The highest BCUT2D eigenvalue weighted by atomic mass is 35.5. The second kappa shape index (κ2) is 3.58. The van der Waals surface area contributed by atoms with Crippen LogP contribution in [0.4, 0.5) is 5.82 Å². The zero-order valence-electron chi connectivity index (χ0n) is 5.30. The van der Waals surface area contributed by atoms with Crippen LogP contribution < -0.4 is 5.32 Å². The van der Waals surface area contributed by atoms with E-state index in [4.69, 9.17) is 11.6 Å². The lowest BCUT2D eigenvalue weighted by molar-refractivity contribution is 1.27. The summed E-state index contributed by atoms with van der Waals surface area (Å²) in [6, 6.07) is 0. The number of hydrogen-bond donors (Lipinski definition) is 1. The van der Waals surface area contributed by atoms with Crippen molar-refractivity contribution in [2.45, 2.75) is 0 Å². The van der Waals surface area contributed by atoms with Crippen molar-refractivity contribution < 1.29 is 0 Å². The lowest BCUT2D eigenvalue weighted by Gasteiger charge is -1.93. The number of thiazole rings is 1. The van der Waals surface area contributed by atoms with Crippen molar-refractivity contribution in [1.29, 1.82) is 0 Å². The number of anilines is 1. The second-order valence-corrected chi connectivity index (χ2v) is 3.10. The van der Waals surface area contributed by atoms with Crippen LogP contribution in [0.15, 0.2) is 18.0 Å². The van der Waals surface area contributed by atoms with Crippen LogP contribution in [-0.4, -0.2) is 11.5 Å². The van der Waals surface area contributed by atoms with E-state index < -0.39 is 0 Å². The Hall–Kier alpha value is -0.540. The topological polar surface area (TPSA) is 24.9 Å². The minimum absolute atomic E-state index is 0.562. The van der Waals surface area contributed by atoms with E-state index in [1.165, 1.54) is 11.3 Å². The number of rotatable bonds is 3. The van der Waals surface area contributed by atoms with Gasteiger partial charge in [-0.15, -0.1) is 17.9 Å². The van der Waals surface area contributed by atoms with Gasteiger partial charge in [-0.05, 0) is 0 Å². The quantitative estimate of drug-likeness (QED) is 0.712. The molecule has 1 heterocycles. The van der Waals surface area contributed by atoms with Crippen molar-refractivity contribution >= 4 is 28.8 Å². The molecule has 54 valence electrons. The molecule has 0 unspecified atom stereocenters. The van der Waals surface area contributed by atoms with Gasteiger partial charge in [0.25, 0.3) is 0 Å². The van der Waals surface area contributed by atoms with Gasteiger partial charge in [0.15, 0.2) is 4.47 Å². The highest BCUT2D eigenvalue weighted by molar-refractivity contribution is 7.14. The van der Waals surface area contributed by atoms with Crippen molar-refractivity contribution in [3.05, 3.63) is 22.5 Å². The highest BCUT2D eigenvalue weighted by Gasteiger charge is 1.94. The maximum Gasteiger partial charge on any atom is 0.185 e. The van der Waals surface area contributed by atoms with Gasteiger partial charge in [0.1, 0.15) is 5.82 Å². The fourth-order valence-corrected chi connectivity index (χ4v) is 1.23. The minimum Gasteiger partial charge on any atom is -0.366 e. The van der Waals surface area contributed by atoms with Gasteiger partial charge in [-0.2, -0.15) is 0 Å². The minimum atomic E-state index is 0.562. The van der Waals surface area contributed by atoms with Gasteiger partial charge in [0, 0.05) is 11.9 Å². The number of nitrogens with zero attached hydrogens (tertiary/aromatic N) is 1. The largest absolute Gasteiger partial charge is 0.366 e. The molecule has 10 heavy (non-hydrogen) atoms. The maximum absolute atomic E-state index is 5.58. The smallest absolute Gasteiger partial charge is 0.185 e. The fraction of sp³-hybridized carbons (Fsp3) is 0.167. The van der Waals surface area contributed by atoms with Crippen LogP contribution >= 0.6 is 22.9 Å². The molecule has 0 aliphatic heterocycles. The Labute approximate surface area is 68.5 Å². The lowest BCUT2D eigenvalue weighted by atomic mass is 10.6. The third-order valence-electron chi connectivity index (χ3n) is 0.904. The predicted molar refractivity (Wildman–Crippen MR) is 45.8 cm³/mol. The van der Waals surface area contributed by atoms with Crippen LogP contribution in [0.25, 0.3) is 0 Å². The van der Waals surface area contributed by atoms with Crippen LogP contribution in [0.2, 0.25) is 4.47 Å². The summed E-state index contributed by atoms with van der Waals surface area (Å²) in [5.41, 5.74) is 0. The summed E-state index contributed by atoms with van der Waals surface area (Å²) in [5, 5.41) is 4.88. The van der Waals surface area contributed by atoms with E-state index in [2.05, 4.69) is 16.9 Å². The first kappa shape index (κ1) is 7.57. The molecule has 0 saturated carbocycles. The van der Waals surface area contributed by atoms with Crippen LogP contribution in [0.3, 0.4) is 0 Å². The Morgan fingerprint density at radius 3 is 3.20 bits per heavy atom.